The minimum atomic E-state index is -0.0812. The van der Waals surface area contributed by atoms with Crippen LogP contribution in [0, 0.1) is 0 Å². The molecule has 23 heavy (non-hydrogen) atoms. The average molecular weight is 333 g/mol. The molecule has 1 atom stereocenters. The highest BCUT2D eigenvalue weighted by Gasteiger charge is 2.19. The Hall–Kier alpha value is -1.53. The lowest BCUT2D eigenvalue weighted by molar-refractivity contribution is -0.113. The third-order valence-corrected chi connectivity index (χ3v) is 5.57. The molecule has 2 aliphatic heterocycles. The summed E-state index contributed by atoms with van der Waals surface area (Å²) in [6.45, 7) is 4.93. The monoisotopic (exact) mass is 333 g/mol. The van der Waals surface area contributed by atoms with E-state index in [-0.39, 0.29) is 11.8 Å². The van der Waals surface area contributed by atoms with Gasteiger partial charge in [0.25, 0.3) is 5.91 Å². The van der Waals surface area contributed by atoms with Crippen molar-refractivity contribution in [2.45, 2.75) is 37.1 Å². The summed E-state index contributed by atoms with van der Waals surface area (Å²) < 4.78 is 0. The van der Waals surface area contributed by atoms with Gasteiger partial charge in [0, 0.05) is 29.6 Å². The van der Waals surface area contributed by atoms with Crippen molar-refractivity contribution in [3.8, 4) is 0 Å². The van der Waals surface area contributed by atoms with Crippen LogP contribution in [0.5, 0.6) is 0 Å². The molecule has 0 unspecified atom stereocenters. The van der Waals surface area contributed by atoms with E-state index in [1.807, 2.05) is 12.1 Å². The number of thioether (sulfide) groups is 1. The largest absolute Gasteiger partial charge is 0.351 e. The minimum Gasteiger partial charge on any atom is -0.351 e. The molecule has 3 rings (SSSR count). The van der Waals surface area contributed by atoms with Gasteiger partial charge in [0.05, 0.1) is 11.4 Å². The van der Waals surface area contributed by atoms with Crippen LogP contribution in [0.4, 0.5) is 5.69 Å². The topological polar surface area (TPSA) is 61.4 Å². The number of nitrogens with zero attached hydrogens (tertiary/aromatic N) is 1. The van der Waals surface area contributed by atoms with Crippen LogP contribution in [0.2, 0.25) is 0 Å². The van der Waals surface area contributed by atoms with Crippen LogP contribution in [-0.4, -0.2) is 48.1 Å². The van der Waals surface area contributed by atoms with Crippen molar-refractivity contribution >= 4 is 29.3 Å². The van der Waals surface area contributed by atoms with Crippen LogP contribution in [0.3, 0.4) is 0 Å². The maximum atomic E-state index is 12.3. The number of hydrogen-bond donors (Lipinski definition) is 2. The Bertz CT molecular complexity index is 606. The molecule has 5 nitrogen and oxygen atoms in total. The fraction of sp³-hybridized carbons (Fsp3) is 0.529. The third kappa shape index (κ3) is 4.06. The second-order valence-electron chi connectivity index (χ2n) is 6.18. The molecule has 2 heterocycles. The summed E-state index contributed by atoms with van der Waals surface area (Å²) in [5.41, 5.74) is 1.33. The Kier molecular flexibility index (Phi) is 5.23. The molecule has 124 valence electrons. The number of hydrogen-bond acceptors (Lipinski definition) is 4. The quantitative estimate of drug-likeness (QED) is 0.888. The zero-order valence-corrected chi connectivity index (χ0v) is 14.2. The molecule has 0 saturated carbocycles. The summed E-state index contributed by atoms with van der Waals surface area (Å²) >= 11 is 1.50. The van der Waals surface area contributed by atoms with Gasteiger partial charge in [-0.1, -0.05) is 6.42 Å². The number of nitrogens with one attached hydrogen (secondary N) is 2. The normalized spacial score (nSPS) is 21.4. The van der Waals surface area contributed by atoms with Crippen molar-refractivity contribution in [2.75, 3.05) is 30.7 Å². The van der Waals surface area contributed by atoms with E-state index in [9.17, 15) is 9.59 Å². The van der Waals surface area contributed by atoms with Crippen molar-refractivity contribution in [3.63, 3.8) is 0 Å². The first-order chi connectivity index (χ1) is 11.1. The number of benzene rings is 1. The predicted molar refractivity (Wildman–Crippen MR) is 93.0 cm³/mol. The highest BCUT2D eigenvalue weighted by molar-refractivity contribution is 8.00. The maximum absolute atomic E-state index is 12.3. The molecule has 2 N–H and O–H groups in total. The molecule has 1 fully saturated rings. The zero-order valence-electron chi connectivity index (χ0n) is 13.4. The van der Waals surface area contributed by atoms with E-state index >= 15 is 0 Å². The summed E-state index contributed by atoms with van der Waals surface area (Å²) in [6, 6.07) is 6.10. The van der Waals surface area contributed by atoms with Crippen LogP contribution in [0.15, 0.2) is 23.1 Å². The molecule has 1 aromatic rings. The van der Waals surface area contributed by atoms with Gasteiger partial charge in [-0.05, 0) is 44.5 Å². The smallest absolute Gasteiger partial charge is 0.251 e. The highest BCUT2D eigenvalue weighted by atomic mass is 32.2. The van der Waals surface area contributed by atoms with Crippen molar-refractivity contribution in [2.24, 2.45) is 0 Å². The first kappa shape index (κ1) is 16.3. The molecular formula is C17H23N3O2S. The van der Waals surface area contributed by atoms with Crippen LogP contribution in [0.25, 0.3) is 0 Å². The molecule has 1 saturated heterocycles. The number of carbonyl (C=O) groups is 2. The molecule has 2 aliphatic rings. The van der Waals surface area contributed by atoms with Crippen LogP contribution in [-0.2, 0) is 4.79 Å². The van der Waals surface area contributed by atoms with E-state index in [0.29, 0.717) is 23.9 Å². The fourth-order valence-electron chi connectivity index (χ4n) is 3.13. The van der Waals surface area contributed by atoms with E-state index in [1.165, 1.54) is 31.0 Å². The number of amides is 2. The standard InChI is InChI=1S/C17H23N3O2S/c1-12-4-2-3-8-20(12)9-7-18-17(22)13-5-6-15-14(10-13)19-16(21)11-23-15/h5-6,10,12H,2-4,7-9,11H2,1H3,(H,18,22)(H,19,21)/t12-/m1/s1. The predicted octanol–water partition coefficient (Wildman–Crippen LogP) is 2.33. The van der Waals surface area contributed by atoms with Crippen molar-refractivity contribution < 1.29 is 9.59 Å². The third-order valence-electron chi connectivity index (χ3n) is 4.50. The maximum Gasteiger partial charge on any atom is 0.251 e. The molecule has 1 aromatic carbocycles. The lowest BCUT2D eigenvalue weighted by Crippen LogP contribution is -2.42. The Morgan fingerprint density at radius 1 is 1.43 bits per heavy atom. The number of likely N-dealkylation sites (tertiary alicyclic amines) is 1. The van der Waals surface area contributed by atoms with Crippen molar-refractivity contribution in [3.05, 3.63) is 23.8 Å². The fourth-order valence-corrected chi connectivity index (χ4v) is 3.92. The lowest BCUT2D eigenvalue weighted by Gasteiger charge is -2.33. The second kappa shape index (κ2) is 7.36. The molecule has 0 radical (unpaired) electrons. The molecule has 0 aliphatic carbocycles. The zero-order chi connectivity index (χ0) is 16.2. The highest BCUT2D eigenvalue weighted by Crippen LogP contribution is 2.31. The average Bonchev–Trinajstić information content (AvgIpc) is 2.55. The van der Waals surface area contributed by atoms with Gasteiger partial charge >= 0.3 is 0 Å². The van der Waals surface area contributed by atoms with E-state index in [2.05, 4.69) is 22.5 Å². The lowest BCUT2D eigenvalue weighted by atomic mass is 10.0. The van der Waals surface area contributed by atoms with Gasteiger partial charge in [0.1, 0.15) is 0 Å². The van der Waals surface area contributed by atoms with E-state index in [1.54, 1.807) is 6.07 Å². The number of rotatable bonds is 4. The summed E-state index contributed by atoms with van der Waals surface area (Å²) in [5.74, 6) is 0.341. The van der Waals surface area contributed by atoms with Crippen molar-refractivity contribution in [1.29, 1.82) is 0 Å². The van der Waals surface area contributed by atoms with Crippen molar-refractivity contribution in [1.82, 2.24) is 10.2 Å². The van der Waals surface area contributed by atoms with Gasteiger partial charge in [-0.3, -0.25) is 14.5 Å². The molecular weight excluding hydrogens is 310 g/mol. The molecule has 6 heteroatoms. The van der Waals surface area contributed by atoms with Gasteiger partial charge < -0.3 is 10.6 Å². The Morgan fingerprint density at radius 3 is 3.13 bits per heavy atom. The van der Waals surface area contributed by atoms with Crippen LogP contribution >= 0.6 is 11.8 Å². The molecule has 0 spiro atoms. The Morgan fingerprint density at radius 2 is 2.30 bits per heavy atom. The van der Waals surface area contributed by atoms with Gasteiger partial charge in [-0.15, -0.1) is 11.8 Å². The van der Waals surface area contributed by atoms with E-state index in [0.717, 1.165) is 23.7 Å². The SMILES string of the molecule is C[C@@H]1CCCCN1CCNC(=O)c1ccc2c(c1)NC(=O)CS2. The van der Waals surface area contributed by atoms with E-state index in [4.69, 9.17) is 0 Å². The number of fused-ring (bicyclic) bond motifs is 1. The summed E-state index contributed by atoms with van der Waals surface area (Å²) in [7, 11) is 0. The molecule has 0 bridgehead atoms. The summed E-state index contributed by atoms with van der Waals surface area (Å²) in [5, 5.41) is 5.81. The molecule has 2 amide bonds. The van der Waals surface area contributed by atoms with E-state index < -0.39 is 0 Å². The first-order valence-electron chi connectivity index (χ1n) is 8.22. The minimum absolute atomic E-state index is 0.0147. The number of piperidine rings is 1. The van der Waals surface area contributed by atoms with Gasteiger partial charge in [0.2, 0.25) is 5.91 Å². The first-order valence-corrected chi connectivity index (χ1v) is 9.21. The van der Waals surface area contributed by atoms with Gasteiger partial charge in [-0.25, -0.2) is 0 Å². The Balaban J connectivity index is 1.54. The molecule has 0 aromatic heterocycles. The van der Waals surface area contributed by atoms with Gasteiger partial charge in [0.15, 0.2) is 0 Å². The number of carbonyl (C=O) groups excluding carboxylic acids is 2. The summed E-state index contributed by atoms with van der Waals surface area (Å²) in [6.07, 6.45) is 3.81. The van der Waals surface area contributed by atoms with Crippen LogP contribution < -0.4 is 10.6 Å². The second-order valence-corrected chi connectivity index (χ2v) is 7.20. The van der Waals surface area contributed by atoms with Gasteiger partial charge in [-0.2, -0.15) is 0 Å². The number of anilines is 1. The van der Waals surface area contributed by atoms with Crippen LogP contribution in [0.1, 0.15) is 36.5 Å². The Labute approximate surface area is 141 Å². The summed E-state index contributed by atoms with van der Waals surface area (Å²) in [4.78, 5) is 27.2.